The number of esters is 1. The Morgan fingerprint density at radius 3 is 2.67 bits per heavy atom. The predicted octanol–water partition coefficient (Wildman–Crippen LogP) is 4.06. The summed E-state index contributed by atoms with van der Waals surface area (Å²) >= 11 is 0. The number of ether oxygens (including phenoxy) is 1. The number of hydrogen-bond donors (Lipinski definition) is 0. The van der Waals surface area contributed by atoms with Crippen molar-refractivity contribution >= 4 is 5.97 Å². The van der Waals surface area contributed by atoms with E-state index in [1.54, 1.807) is 0 Å². The van der Waals surface area contributed by atoms with E-state index in [0.29, 0.717) is 12.3 Å². The van der Waals surface area contributed by atoms with E-state index < -0.39 is 0 Å². The highest BCUT2D eigenvalue weighted by molar-refractivity contribution is 5.69. The number of benzene rings is 1. The number of hydrogen-bond acceptors (Lipinski definition) is 2. The van der Waals surface area contributed by atoms with Crippen molar-refractivity contribution in [3.63, 3.8) is 0 Å². The second-order valence-corrected chi connectivity index (χ2v) is 5.08. The van der Waals surface area contributed by atoms with E-state index in [1.165, 1.54) is 18.4 Å². The highest BCUT2D eigenvalue weighted by Gasteiger charge is 2.29. The third-order valence-corrected chi connectivity index (χ3v) is 3.67. The van der Waals surface area contributed by atoms with Gasteiger partial charge in [0.05, 0.1) is 0 Å². The molecular formula is C16H22O2. The predicted molar refractivity (Wildman–Crippen MR) is 72.4 cm³/mol. The first-order valence-corrected chi connectivity index (χ1v) is 7.05. The Morgan fingerprint density at radius 2 is 1.94 bits per heavy atom. The van der Waals surface area contributed by atoms with Crippen LogP contribution in [-0.2, 0) is 9.53 Å². The minimum absolute atomic E-state index is 0.0367. The van der Waals surface area contributed by atoms with Crippen LogP contribution in [-0.4, -0.2) is 12.1 Å². The summed E-state index contributed by atoms with van der Waals surface area (Å²) in [7, 11) is 0. The molecule has 1 fully saturated rings. The van der Waals surface area contributed by atoms with Crippen molar-refractivity contribution in [2.24, 2.45) is 0 Å². The van der Waals surface area contributed by atoms with E-state index in [-0.39, 0.29) is 12.1 Å². The maximum Gasteiger partial charge on any atom is 0.306 e. The molecule has 0 saturated heterocycles. The van der Waals surface area contributed by atoms with Crippen LogP contribution >= 0.6 is 0 Å². The largest absolute Gasteiger partial charge is 0.462 e. The van der Waals surface area contributed by atoms with Gasteiger partial charge in [0.15, 0.2) is 0 Å². The van der Waals surface area contributed by atoms with E-state index in [2.05, 4.69) is 24.3 Å². The lowest BCUT2D eigenvalue weighted by Gasteiger charge is -2.31. The van der Waals surface area contributed by atoms with E-state index in [0.717, 1.165) is 19.3 Å². The lowest BCUT2D eigenvalue weighted by atomic mass is 9.81. The maximum atomic E-state index is 11.7. The average Bonchev–Trinajstić information content (AvgIpc) is 2.40. The average molecular weight is 246 g/mol. The zero-order valence-electron chi connectivity index (χ0n) is 11.1. The summed E-state index contributed by atoms with van der Waals surface area (Å²) in [6.07, 6.45) is 6.04. The van der Waals surface area contributed by atoms with Gasteiger partial charge < -0.3 is 4.74 Å². The van der Waals surface area contributed by atoms with Crippen molar-refractivity contribution in [3.05, 3.63) is 35.9 Å². The van der Waals surface area contributed by atoms with Crippen LogP contribution in [0.5, 0.6) is 0 Å². The van der Waals surface area contributed by atoms with Crippen molar-refractivity contribution < 1.29 is 9.53 Å². The van der Waals surface area contributed by atoms with Crippen molar-refractivity contribution in [2.45, 2.75) is 57.5 Å². The molecule has 0 spiro atoms. The van der Waals surface area contributed by atoms with Crippen LogP contribution in [0.1, 0.15) is 56.9 Å². The Labute approximate surface area is 109 Å². The molecule has 18 heavy (non-hydrogen) atoms. The Bertz CT molecular complexity index is 372. The molecule has 0 aromatic heterocycles. The SMILES string of the molecule is CCCC(=O)O[C@@H]1CCCC[C@H]1c1ccccc1. The van der Waals surface area contributed by atoms with E-state index >= 15 is 0 Å². The fraction of sp³-hybridized carbons (Fsp3) is 0.562. The number of rotatable bonds is 4. The van der Waals surface area contributed by atoms with Gasteiger partial charge >= 0.3 is 5.97 Å². The van der Waals surface area contributed by atoms with E-state index in [4.69, 9.17) is 4.74 Å². The molecule has 0 unspecified atom stereocenters. The van der Waals surface area contributed by atoms with Crippen molar-refractivity contribution in [2.75, 3.05) is 0 Å². The van der Waals surface area contributed by atoms with Gasteiger partial charge in [-0.3, -0.25) is 4.79 Å². The van der Waals surface area contributed by atoms with E-state index in [1.807, 2.05) is 13.0 Å². The molecule has 1 aliphatic rings. The Kier molecular flexibility index (Phi) is 4.80. The molecule has 98 valence electrons. The van der Waals surface area contributed by atoms with Crippen LogP contribution in [0.15, 0.2) is 30.3 Å². The summed E-state index contributed by atoms with van der Waals surface area (Å²) in [5.41, 5.74) is 1.31. The topological polar surface area (TPSA) is 26.3 Å². The molecule has 0 amide bonds. The Balaban J connectivity index is 2.04. The Hall–Kier alpha value is -1.31. The Morgan fingerprint density at radius 1 is 1.22 bits per heavy atom. The van der Waals surface area contributed by atoms with Gasteiger partial charge in [-0.2, -0.15) is 0 Å². The van der Waals surface area contributed by atoms with Crippen LogP contribution in [0, 0.1) is 0 Å². The molecule has 0 bridgehead atoms. The molecule has 2 heteroatoms. The molecule has 1 saturated carbocycles. The molecule has 2 rings (SSSR count). The van der Waals surface area contributed by atoms with Crippen LogP contribution in [0.25, 0.3) is 0 Å². The lowest BCUT2D eigenvalue weighted by molar-refractivity contribution is -0.151. The fourth-order valence-corrected chi connectivity index (χ4v) is 2.75. The molecular weight excluding hydrogens is 224 g/mol. The van der Waals surface area contributed by atoms with Gasteiger partial charge in [-0.05, 0) is 31.2 Å². The molecule has 0 aliphatic heterocycles. The monoisotopic (exact) mass is 246 g/mol. The van der Waals surface area contributed by atoms with Crippen molar-refractivity contribution in [1.29, 1.82) is 0 Å². The highest BCUT2D eigenvalue weighted by atomic mass is 16.5. The molecule has 0 N–H and O–H groups in total. The second-order valence-electron chi connectivity index (χ2n) is 5.08. The van der Waals surface area contributed by atoms with Gasteiger partial charge in [0.25, 0.3) is 0 Å². The standard InChI is InChI=1S/C16H22O2/c1-2-8-16(17)18-15-12-7-6-11-14(15)13-9-4-3-5-10-13/h3-5,9-10,14-15H,2,6-8,11-12H2,1H3/t14-,15+/m0/s1. The molecule has 1 aromatic carbocycles. The van der Waals surface area contributed by atoms with Gasteiger partial charge in [0, 0.05) is 12.3 Å². The van der Waals surface area contributed by atoms with Gasteiger partial charge in [-0.25, -0.2) is 0 Å². The van der Waals surface area contributed by atoms with Gasteiger partial charge in [0.1, 0.15) is 6.10 Å². The lowest BCUT2D eigenvalue weighted by Crippen LogP contribution is -2.28. The molecule has 2 atom stereocenters. The summed E-state index contributed by atoms with van der Waals surface area (Å²) in [6, 6.07) is 10.5. The molecule has 2 nitrogen and oxygen atoms in total. The fourth-order valence-electron chi connectivity index (χ4n) is 2.75. The summed E-state index contributed by atoms with van der Waals surface area (Å²) < 4.78 is 5.66. The number of carbonyl (C=O) groups excluding carboxylic acids is 1. The normalized spacial score (nSPS) is 23.6. The summed E-state index contributed by atoms with van der Waals surface area (Å²) in [4.78, 5) is 11.7. The minimum Gasteiger partial charge on any atom is -0.462 e. The van der Waals surface area contributed by atoms with Gasteiger partial charge in [-0.1, -0.05) is 43.7 Å². The van der Waals surface area contributed by atoms with Crippen LogP contribution in [0.4, 0.5) is 0 Å². The zero-order chi connectivity index (χ0) is 12.8. The molecule has 1 aromatic rings. The number of carbonyl (C=O) groups is 1. The quantitative estimate of drug-likeness (QED) is 0.749. The zero-order valence-corrected chi connectivity index (χ0v) is 11.1. The highest BCUT2D eigenvalue weighted by Crippen LogP contribution is 2.35. The van der Waals surface area contributed by atoms with Gasteiger partial charge in [0.2, 0.25) is 0 Å². The second kappa shape index (κ2) is 6.58. The maximum absolute atomic E-state index is 11.7. The summed E-state index contributed by atoms with van der Waals surface area (Å²) in [5, 5.41) is 0. The molecule has 1 aliphatic carbocycles. The first-order chi connectivity index (χ1) is 8.81. The summed E-state index contributed by atoms with van der Waals surface area (Å²) in [5.74, 6) is 0.353. The first kappa shape index (κ1) is 13.1. The summed E-state index contributed by atoms with van der Waals surface area (Å²) in [6.45, 7) is 2.01. The van der Waals surface area contributed by atoms with Crippen LogP contribution in [0.3, 0.4) is 0 Å². The van der Waals surface area contributed by atoms with E-state index in [9.17, 15) is 4.79 Å². The third-order valence-electron chi connectivity index (χ3n) is 3.67. The van der Waals surface area contributed by atoms with Crippen molar-refractivity contribution in [3.8, 4) is 0 Å². The molecule has 0 radical (unpaired) electrons. The third kappa shape index (κ3) is 3.34. The van der Waals surface area contributed by atoms with Crippen molar-refractivity contribution in [1.82, 2.24) is 0 Å². The van der Waals surface area contributed by atoms with Gasteiger partial charge in [-0.15, -0.1) is 0 Å². The smallest absolute Gasteiger partial charge is 0.306 e. The van der Waals surface area contributed by atoms with Crippen LogP contribution in [0.2, 0.25) is 0 Å². The molecule has 0 heterocycles. The first-order valence-electron chi connectivity index (χ1n) is 7.05. The minimum atomic E-state index is -0.0367. The van der Waals surface area contributed by atoms with Crippen LogP contribution < -0.4 is 0 Å².